The molecule has 6 rings (SSSR count). The van der Waals surface area contributed by atoms with Crippen LogP contribution in [0.3, 0.4) is 0 Å². The number of carbonyl (C=O) groups excluding carboxylic acids is 1. The number of nitrogens with zero attached hydrogens (tertiary/aromatic N) is 3. The smallest absolute Gasteiger partial charge is 0.407 e. The van der Waals surface area contributed by atoms with Crippen molar-refractivity contribution in [3.8, 4) is 28.4 Å². The average molecular weight is 610 g/mol. The molecule has 9 heteroatoms. The van der Waals surface area contributed by atoms with Crippen LogP contribution in [-0.4, -0.2) is 58.7 Å². The van der Waals surface area contributed by atoms with Crippen molar-refractivity contribution < 1.29 is 28.9 Å². The Morgan fingerprint density at radius 1 is 1.00 bits per heavy atom. The first-order valence-corrected chi connectivity index (χ1v) is 15.7. The number of aryl methyl sites for hydroxylation is 2. The second-order valence-corrected chi connectivity index (χ2v) is 11.5. The summed E-state index contributed by atoms with van der Waals surface area (Å²) < 4.78 is 19.1. The monoisotopic (exact) mass is 609 g/mol. The Morgan fingerprint density at radius 2 is 1.80 bits per heavy atom. The molecule has 2 heterocycles. The number of methoxy groups -OCH3 is 1. The van der Waals surface area contributed by atoms with Crippen LogP contribution in [0, 0.1) is 0 Å². The van der Waals surface area contributed by atoms with Gasteiger partial charge < -0.3 is 24.2 Å². The van der Waals surface area contributed by atoms with Crippen LogP contribution >= 0.6 is 0 Å². The third kappa shape index (κ3) is 5.99. The minimum absolute atomic E-state index is 0.0936. The van der Waals surface area contributed by atoms with Gasteiger partial charge in [0.05, 0.1) is 25.6 Å². The number of rotatable bonds is 9. The number of piperidine rings is 1. The molecule has 3 aromatic carbocycles. The van der Waals surface area contributed by atoms with Crippen molar-refractivity contribution in [1.29, 1.82) is 0 Å². The molecular weight excluding hydrogens is 570 g/mol. The zero-order valence-corrected chi connectivity index (χ0v) is 26.0. The number of benzene rings is 3. The molecule has 1 N–H and O–H groups in total. The van der Waals surface area contributed by atoms with E-state index in [0.717, 1.165) is 54.7 Å². The molecule has 45 heavy (non-hydrogen) atoms. The van der Waals surface area contributed by atoms with Crippen LogP contribution in [0.1, 0.15) is 77.7 Å². The first kappa shape index (κ1) is 30.2. The van der Waals surface area contributed by atoms with Gasteiger partial charge in [-0.2, -0.15) is 5.10 Å². The normalized spacial score (nSPS) is 16.3. The summed E-state index contributed by atoms with van der Waals surface area (Å²) in [5.41, 5.74) is 8.21. The highest BCUT2D eigenvalue weighted by Gasteiger charge is 2.29. The molecule has 1 amide bonds. The van der Waals surface area contributed by atoms with Gasteiger partial charge in [0, 0.05) is 18.7 Å². The topological polar surface area (TPSA) is 103 Å². The lowest BCUT2D eigenvalue weighted by atomic mass is 9.86. The highest BCUT2D eigenvalue weighted by atomic mass is 16.5. The highest BCUT2D eigenvalue weighted by Crippen LogP contribution is 2.42. The largest absolute Gasteiger partial charge is 0.486 e. The van der Waals surface area contributed by atoms with Crippen LogP contribution in [-0.2, 0) is 17.6 Å². The molecular formula is C36H39N3O6. The number of carboxylic acid groups (broad SMARTS) is 1. The molecule has 0 spiro atoms. The van der Waals surface area contributed by atoms with Crippen LogP contribution in [0.2, 0.25) is 0 Å². The lowest BCUT2D eigenvalue weighted by Crippen LogP contribution is -2.36. The van der Waals surface area contributed by atoms with E-state index in [0.29, 0.717) is 24.9 Å². The van der Waals surface area contributed by atoms with E-state index >= 15 is 0 Å². The zero-order valence-electron chi connectivity index (χ0n) is 26.0. The van der Waals surface area contributed by atoms with E-state index in [9.17, 15) is 14.7 Å². The second kappa shape index (κ2) is 13.1. The van der Waals surface area contributed by atoms with Gasteiger partial charge in [-0.25, -0.2) is 14.3 Å². The highest BCUT2D eigenvalue weighted by molar-refractivity contribution is 5.92. The number of fused-ring (bicyclic) bond motifs is 1. The Balaban J connectivity index is 1.26. The number of carbonyl (C=O) groups is 2. The summed E-state index contributed by atoms with van der Waals surface area (Å²) in [4.78, 5) is 25.3. The quantitative estimate of drug-likeness (QED) is 0.200. The van der Waals surface area contributed by atoms with Crippen LogP contribution in [0.4, 0.5) is 4.79 Å². The van der Waals surface area contributed by atoms with Gasteiger partial charge in [-0.3, -0.25) is 0 Å². The predicted molar refractivity (Wildman–Crippen MR) is 171 cm³/mol. The van der Waals surface area contributed by atoms with E-state index in [-0.39, 0.29) is 18.3 Å². The molecule has 1 fully saturated rings. The standard InChI is InChI=1S/C36H39N3O6/c1-4-23-21-28(13-14-29(23)24-16-18-38(19-17-24)36(41)42)45-32-15-12-25-8-7-11-30(33(25)32)26-9-6-10-27(20-26)39-34(43-3)31(22-37-39)35(40)44-5-2/h6-11,13-14,20-22,24,32H,4-5,12,15-19H2,1-3H3,(H,41,42)/t32-/m0/s1. The van der Waals surface area contributed by atoms with E-state index in [1.165, 1.54) is 40.5 Å². The lowest BCUT2D eigenvalue weighted by molar-refractivity contribution is 0.0522. The van der Waals surface area contributed by atoms with Crippen molar-refractivity contribution in [2.45, 2.75) is 58.0 Å². The summed E-state index contributed by atoms with van der Waals surface area (Å²) in [6.45, 7) is 5.34. The Bertz CT molecular complexity index is 1700. The first-order valence-electron chi connectivity index (χ1n) is 15.7. The van der Waals surface area contributed by atoms with Crippen molar-refractivity contribution in [2.24, 2.45) is 0 Å². The van der Waals surface area contributed by atoms with Gasteiger partial charge in [-0.05, 0) is 97.0 Å². The molecule has 1 aliphatic carbocycles. The fourth-order valence-electron chi connectivity index (χ4n) is 6.79. The lowest BCUT2D eigenvalue weighted by Gasteiger charge is -2.31. The van der Waals surface area contributed by atoms with E-state index < -0.39 is 12.1 Å². The number of likely N-dealkylation sites (tertiary alicyclic amines) is 1. The predicted octanol–water partition coefficient (Wildman–Crippen LogP) is 7.21. The van der Waals surface area contributed by atoms with Crippen LogP contribution in [0.15, 0.2) is 66.9 Å². The second-order valence-electron chi connectivity index (χ2n) is 11.5. The van der Waals surface area contributed by atoms with Gasteiger partial charge in [0.15, 0.2) is 0 Å². The molecule has 0 unspecified atom stereocenters. The zero-order chi connectivity index (χ0) is 31.5. The van der Waals surface area contributed by atoms with E-state index in [1.54, 1.807) is 11.6 Å². The van der Waals surface area contributed by atoms with Gasteiger partial charge in [0.25, 0.3) is 0 Å². The first-order chi connectivity index (χ1) is 21.9. The fraction of sp³-hybridized carbons (Fsp3) is 0.361. The fourth-order valence-corrected chi connectivity index (χ4v) is 6.79. The maximum absolute atomic E-state index is 12.5. The van der Waals surface area contributed by atoms with Crippen LogP contribution < -0.4 is 9.47 Å². The number of aromatic nitrogens is 2. The maximum Gasteiger partial charge on any atom is 0.407 e. The Hall–Kier alpha value is -4.79. The summed E-state index contributed by atoms with van der Waals surface area (Å²) >= 11 is 0. The molecule has 9 nitrogen and oxygen atoms in total. The van der Waals surface area contributed by atoms with E-state index in [1.807, 2.05) is 12.1 Å². The van der Waals surface area contributed by atoms with E-state index in [4.69, 9.17) is 14.2 Å². The molecule has 1 aromatic heterocycles. The van der Waals surface area contributed by atoms with Crippen molar-refractivity contribution in [2.75, 3.05) is 26.8 Å². The summed E-state index contributed by atoms with van der Waals surface area (Å²) in [7, 11) is 1.52. The molecule has 1 saturated heterocycles. The average Bonchev–Trinajstić information content (AvgIpc) is 3.69. The van der Waals surface area contributed by atoms with E-state index in [2.05, 4.69) is 60.6 Å². The summed E-state index contributed by atoms with van der Waals surface area (Å²) in [6.07, 6.45) is 4.94. The minimum Gasteiger partial charge on any atom is -0.486 e. The van der Waals surface area contributed by atoms with Crippen molar-refractivity contribution in [1.82, 2.24) is 14.7 Å². The molecule has 234 valence electrons. The third-order valence-corrected chi connectivity index (χ3v) is 8.99. The summed E-state index contributed by atoms with van der Waals surface area (Å²) in [5, 5.41) is 13.8. The SMILES string of the molecule is CCOC(=O)c1cnn(-c2cccc(-c3cccc4c3[C@@H](Oc3ccc(C5CCN(C(=O)O)CC5)c(CC)c3)CC4)c2)c1OC. The van der Waals surface area contributed by atoms with Crippen molar-refractivity contribution >= 4 is 12.1 Å². The maximum atomic E-state index is 12.5. The van der Waals surface area contributed by atoms with Gasteiger partial charge in [0.2, 0.25) is 5.88 Å². The summed E-state index contributed by atoms with van der Waals surface area (Å²) in [6, 6.07) is 20.9. The molecule has 0 radical (unpaired) electrons. The Morgan fingerprint density at radius 3 is 2.53 bits per heavy atom. The van der Waals surface area contributed by atoms with Crippen LogP contribution in [0.25, 0.3) is 16.8 Å². The molecule has 0 saturated carbocycles. The van der Waals surface area contributed by atoms with Gasteiger partial charge >= 0.3 is 12.1 Å². The van der Waals surface area contributed by atoms with Crippen LogP contribution in [0.5, 0.6) is 11.6 Å². The number of esters is 1. The van der Waals surface area contributed by atoms with Gasteiger partial charge in [0.1, 0.15) is 17.4 Å². The third-order valence-electron chi connectivity index (χ3n) is 8.99. The summed E-state index contributed by atoms with van der Waals surface area (Å²) in [5.74, 6) is 1.07. The molecule has 1 aliphatic heterocycles. The number of hydrogen-bond donors (Lipinski definition) is 1. The molecule has 2 aliphatic rings. The molecule has 1 atom stereocenters. The number of amides is 1. The minimum atomic E-state index is -0.833. The number of hydrogen-bond acceptors (Lipinski definition) is 6. The molecule has 4 aromatic rings. The number of ether oxygens (including phenoxy) is 3. The van der Waals surface area contributed by atoms with Gasteiger partial charge in [-0.15, -0.1) is 0 Å². The van der Waals surface area contributed by atoms with Crippen molar-refractivity contribution in [3.63, 3.8) is 0 Å². The molecule has 0 bridgehead atoms. The van der Waals surface area contributed by atoms with Crippen molar-refractivity contribution in [3.05, 3.63) is 94.7 Å². The Kier molecular flexibility index (Phi) is 8.78. The van der Waals surface area contributed by atoms with Gasteiger partial charge in [-0.1, -0.05) is 43.3 Å². The Labute approximate surface area is 263 Å².